The van der Waals surface area contributed by atoms with E-state index in [1.807, 2.05) is 0 Å². The molecule has 0 spiro atoms. The lowest BCUT2D eigenvalue weighted by Crippen LogP contribution is -2.27. The van der Waals surface area contributed by atoms with Crippen molar-refractivity contribution in [1.29, 1.82) is 0 Å². The van der Waals surface area contributed by atoms with Crippen LogP contribution in [-0.4, -0.2) is 35.1 Å². The van der Waals surface area contributed by atoms with Crippen molar-refractivity contribution in [3.8, 4) is 0 Å². The molecule has 1 aromatic rings. The minimum Gasteiger partial charge on any atom is -0.283 e. The van der Waals surface area contributed by atoms with E-state index in [1.54, 1.807) is 5.10 Å². The summed E-state index contributed by atoms with van der Waals surface area (Å²) >= 11 is 0. The van der Waals surface area contributed by atoms with Crippen LogP contribution in [0.4, 0.5) is 0 Å². The first-order valence-corrected chi connectivity index (χ1v) is 6.16. The average molecular weight is 258 g/mol. The Hall–Kier alpha value is -1.17. The van der Waals surface area contributed by atoms with Gasteiger partial charge in [-0.15, -0.1) is 4.09 Å². The van der Waals surface area contributed by atoms with E-state index >= 15 is 0 Å². The lowest BCUT2D eigenvalue weighted by molar-refractivity contribution is 0.463. The monoisotopic (exact) mass is 258 g/mol. The molecule has 0 aromatic carbocycles. The van der Waals surface area contributed by atoms with Crippen LogP contribution in [-0.2, 0) is 20.4 Å². The largest absolute Gasteiger partial charge is 0.380 e. The first kappa shape index (κ1) is 11.9. The lowest BCUT2D eigenvalue weighted by Gasteiger charge is -1.92. The second kappa shape index (κ2) is 3.16. The van der Waals surface area contributed by atoms with Crippen molar-refractivity contribution in [2.75, 3.05) is 0 Å². The Kier molecular flexibility index (Phi) is 2.51. The SMILES string of the molecule is Cc1[nH]n(S(=O)(=O)O)c(=O)c1S(=O)(=O)O. The van der Waals surface area contributed by atoms with E-state index in [0.29, 0.717) is 0 Å². The first-order chi connectivity index (χ1) is 6.55. The summed E-state index contributed by atoms with van der Waals surface area (Å²) in [6.45, 7) is 1.05. The molecule has 1 aromatic heterocycles. The van der Waals surface area contributed by atoms with Gasteiger partial charge in [0, 0.05) is 0 Å². The molecule has 0 unspecified atom stereocenters. The fourth-order valence-electron chi connectivity index (χ4n) is 0.973. The number of aromatic nitrogens is 2. The Morgan fingerprint density at radius 2 is 1.67 bits per heavy atom. The van der Waals surface area contributed by atoms with Crippen LogP contribution in [0.15, 0.2) is 9.69 Å². The van der Waals surface area contributed by atoms with Gasteiger partial charge in [0.05, 0.1) is 5.69 Å². The number of rotatable bonds is 2. The molecule has 9 nitrogen and oxygen atoms in total. The summed E-state index contributed by atoms with van der Waals surface area (Å²) < 4.78 is 59.2. The molecule has 1 rings (SSSR count). The van der Waals surface area contributed by atoms with Crippen molar-refractivity contribution >= 4 is 20.4 Å². The molecule has 0 saturated heterocycles. The molecule has 0 atom stereocenters. The van der Waals surface area contributed by atoms with E-state index in [0.717, 1.165) is 6.92 Å². The molecule has 0 radical (unpaired) electrons. The molecule has 3 N–H and O–H groups in total. The van der Waals surface area contributed by atoms with Gasteiger partial charge < -0.3 is 0 Å². The van der Waals surface area contributed by atoms with E-state index in [1.165, 1.54) is 0 Å². The van der Waals surface area contributed by atoms with Crippen LogP contribution in [0.1, 0.15) is 5.69 Å². The maximum absolute atomic E-state index is 11.1. The number of hydrogen-bond acceptors (Lipinski definition) is 5. The molecule has 0 amide bonds. The highest BCUT2D eigenvalue weighted by Gasteiger charge is 2.26. The highest BCUT2D eigenvalue weighted by molar-refractivity contribution is 7.86. The molecule has 11 heteroatoms. The van der Waals surface area contributed by atoms with Crippen LogP contribution in [0.2, 0.25) is 0 Å². The summed E-state index contributed by atoms with van der Waals surface area (Å²) in [5, 5.41) is 1.79. The van der Waals surface area contributed by atoms with Crippen LogP contribution in [0.25, 0.3) is 0 Å². The van der Waals surface area contributed by atoms with E-state index in [-0.39, 0.29) is 4.09 Å². The molecule has 0 aliphatic heterocycles. The molecule has 0 saturated carbocycles. The quantitative estimate of drug-likeness (QED) is 0.540. The fourth-order valence-corrected chi connectivity index (χ4v) is 2.33. The molecular formula is C4H6N2O7S2. The second-order valence-electron chi connectivity index (χ2n) is 2.59. The molecule has 1 heterocycles. The van der Waals surface area contributed by atoms with Gasteiger partial charge >= 0.3 is 26.0 Å². The van der Waals surface area contributed by atoms with Crippen molar-refractivity contribution in [1.82, 2.24) is 9.19 Å². The van der Waals surface area contributed by atoms with Gasteiger partial charge in [0.15, 0.2) is 4.90 Å². The van der Waals surface area contributed by atoms with Crippen molar-refractivity contribution in [2.24, 2.45) is 0 Å². The van der Waals surface area contributed by atoms with E-state index < -0.39 is 36.6 Å². The molecular weight excluding hydrogens is 252 g/mol. The third-order valence-electron chi connectivity index (χ3n) is 1.48. The zero-order valence-corrected chi connectivity index (χ0v) is 8.83. The van der Waals surface area contributed by atoms with Gasteiger partial charge in [-0.25, -0.2) is 0 Å². The predicted molar refractivity (Wildman–Crippen MR) is 46.6 cm³/mol. The summed E-state index contributed by atoms with van der Waals surface area (Å²) in [5.41, 5.74) is -1.97. The first-order valence-electron chi connectivity index (χ1n) is 3.32. The minimum atomic E-state index is -4.92. The van der Waals surface area contributed by atoms with Crippen LogP contribution >= 0.6 is 0 Å². The van der Waals surface area contributed by atoms with E-state index in [9.17, 15) is 21.6 Å². The predicted octanol–water partition coefficient (Wildman–Crippen LogP) is -1.62. The zero-order valence-electron chi connectivity index (χ0n) is 7.20. The summed E-state index contributed by atoms with van der Waals surface area (Å²) in [4.78, 5) is 10.0. The maximum Gasteiger partial charge on any atom is 0.380 e. The van der Waals surface area contributed by atoms with Crippen LogP contribution < -0.4 is 5.56 Å². The van der Waals surface area contributed by atoms with Crippen molar-refractivity contribution in [2.45, 2.75) is 11.8 Å². The topological polar surface area (TPSA) is 147 Å². The molecule has 0 bridgehead atoms. The van der Waals surface area contributed by atoms with Gasteiger partial charge in [-0.1, -0.05) is 0 Å². The van der Waals surface area contributed by atoms with Crippen molar-refractivity contribution in [3.05, 3.63) is 16.0 Å². The Balaban J connectivity index is 3.79. The highest BCUT2D eigenvalue weighted by atomic mass is 32.2. The number of aromatic amines is 1. The fraction of sp³-hybridized carbons (Fsp3) is 0.250. The van der Waals surface area contributed by atoms with Gasteiger partial charge in [-0.2, -0.15) is 16.8 Å². The summed E-state index contributed by atoms with van der Waals surface area (Å²) in [7, 11) is -9.77. The van der Waals surface area contributed by atoms with E-state index in [4.69, 9.17) is 9.11 Å². The lowest BCUT2D eigenvalue weighted by atomic mass is 10.5. The number of nitrogens with zero attached hydrogens (tertiary/aromatic N) is 1. The third kappa shape index (κ3) is 2.09. The average Bonchev–Trinajstić information content (AvgIpc) is 2.22. The molecule has 0 aliphatic rings. The number of hydrogen-bond donors (Lipinski definition) is 3. The molecule has 15 heavy (non-hydrogen) atoms. The Bertz CT molecular complexity index is 646. The zero-order chi connectivity index (χ0) is 12.0. The second-order valence-corrected chi connectivity index (χ2v) is 5.21. The summed E-state index contributed by atoms with van der Waals surface area (Å²) in [6, 6.07) is 0. The Morgan fingerprint density at radius 1 is 1.20 bits per heavy atom. The van der Waals surface area contributed by atoms with Crippen molar-refractivity contribution in [3.63, 3.8) is 0 Å². The van der Waals surface area contributed by atoms with Crippen LogP contribution in [0.3, 0.4) is 0 Å². The summed E-state index contributed by atoms with van der Waals surface area (Å²) in [5.74, 6) is 0. The smallest absolute Gasteiger partial charge is 0.283 e. The van der Waals surface area contributed by atoms with Gasteiger partial charge in [0.25, 0.3) is 0 Å². The normalized spacial score (nSPS) is 13.0. The minimum absolute atomic E-state index is 0.300. The maximum atomic E-state index is 11.1. The van der Waals surface area contributed by atoms with Gasteiger partial charge in [0.1, 0.15) is 0 Å². The number of aryl methyl sites for hydroxylation is 1. The number of nitrogens with one attached hydrogen (secondary N) is 1. The van der Waals surface area contributed by atoms with E-state index in [2.05, 4.69) is 0 Å². The number of H-pyrrole nitrogens is 1. The Labute approximate surface area is 84.0 Å². The molecule has 0 fully saturated rings. The molecule has 86 valence electrons. The van der Waals surface area contributed by atoms with Crippen LogP contribution in [0.5, 0.6) is 0 Å². The van der Waals surface area contributed by atoms with Crippen LogP contribution in [0, 0.1) is 6.92 Å². The summed E-state index contributed by atoms with van der Waals surface area (Å²) in [6.07, 6.45) is 0. The molecule has 0 aliphatic carbocycles. The van der Waals surface area contributed by atoms with Crippen molar-refractivity contribution < 1.29 is 25.9 Å². The standard InChI is InChI=1S/C4H6N2O7S2/c1-2-3(14(8,9)10)4(7)6(5-2)15(11,12)13/h5H,1H3,(H,8,9,10)(H,11,12,13). The van der Waals surface area contributed by atoms with Gasteiger partial charge in [0.2, 0.25) is 0 Å². The van der Waals surface area contributed by atoms with Gasteiger partial charge in [-0.3, -0.25) is 19.0 Å². The van der Waals surface area contributed by atoms with Gasteiger partial charge in [-0.05, 0) is 6.92 Å². The third-order valence-corrected chi connectivity index (χ3v) is 3.19. The Morgan fingerprint density at radius 3 is 1.87 bits per heavy atom. The highest BCUT2D eigenvalue weighted by Crippen LogP contribution is 2.07.